The van der Waals surface area contributed by atoms with E-state index in [-0.39, 0.29) is 18.5 Å². The Morgan fingerprint density at radius 2 is 1.52 bits per heavy atom. The molecule has 0 spiro atoms. The number of sulfonamides is 1. The van der Waals surface area contributed by atoms with Crippen LogP contribution in [0.25, 0.3) is 0 Å². The molecule has 3 aromatic carbocycles. The van der Waals surface area contributed by atoms with Crippen molar-refractivity contribution in [1.29, 1.82) is 0 Å². The van der Waals surface area contributed by atoms with E-state index in [0.717, 1.165) is 54.2 Å². The predicted molar refractivity (Wildman–Crippen MR) is 169 cm³/mol. The Morgan fingerprint density at radius 1 is 0.881 bits per heavy atom. The van der Waals surface area contributed by atoms with Crippen molar-refractivity contribution in [2.24, 2.45) is 0 Å². The number of benzene rings is 3. The molecule has 0 radical (unpaired) electrons. The van der Waals surface area contributed by atoms with E-state index in [1.54, 1.807) is 17.0 Å². The van der Waals surface area contributed by atoms with Gasteiger partial charge in [-0.1, -0.05) is 105 Å². The predicted octanol–water partition coefficient (Wildman–Crippen LogP) is 5.41. The molecule has 224 valence electrons. The average Bonchev–Trinajstić information content (AvgIpc) is 2.99. The molecule has 1 aliphatic carbocycles. The number of amides is 2. The van der Waals surface area contributed by atoms with Crippen LogP contribution in [0, 0.1) is 6.92 Å². The van der Waals surface area contributed by atoms with E-state index in [2.05, 4.69) is 5.32 Å². The smallest absolute Gasteiger partial charge is 0.244 e. The monoisotopic (exact) mass is 589 g/mol. The van der Waals surface area contributed by atoms with E-state index >= 15 is 0 Å². The summed E-state index contributed by atoms with van der Waals surface area (Å²) in [6.07, 6.45) is 7.20. The zero-order valence-electron chi connectivity index (χ0n) is 25.0. The van der Waals surface area contributed by atoms with Gasteiger partial charge in [-0.3, -0.25) is 13.9 Å². The number of nitrogens with one attached hydrogen (secondary N) is 1. The lowest BCUT2D eigenvalue weighted by Crippen LogP contribution is -2.55. The Morgan fingerprint density at radius 3 is 2.17 bits per heavy atom. The van der Waals surface area contributed by atoms with Crippen molar-refractivity contribution in [2.75, 3.05) is 17.1 Å². The van der Waals surface area contributed by atoms with Gasteiger partial charge in [0.15, 0.2) is 0 Å². The highest BCUT2D eigenvalue weighted by molar-refractivity contribution is 7.92. The number of carbonyl (C=O) groups excluding carboxylic acids is 2. The minimum atomic E-state index is -3.80. The highest BCUT2D eigenvalue weighted by Gasteiger charge is 2.34. The molecule has 1 saturated carbocycles. The normalized spacial score (nSPS) is 14.6. The third kappa shape index (κ3) is 8.44. The number of nitrogens with zero attached hydrogens (tertiary/aromatic N) is 2. The summed E-state index contributed by atoms with van der Waals surface area (Å²) in [5.74, 6) is -0.627. The first-order valence-electron chi connectivity index (χ1n) is 14.9. The first-order chi connectivity index (χ1) is 20.2. The quantitative estimate of drug-likeness (QED) is 0.306. The van der Waals surface area contributed by atoms with Crippen molar-refractivity contribution in [2.45, 2.75) is 77.4 Å². The minimum absolute atomic E-state index is 0.0739. The maximum absolute atomic E-state index is 14.3. The van der Waals surface area contributed by atoms with E-state index < -0.39 is 28.5 Å². The number of anilines is 1. The van der Waals surface area contributed by atoms with Crippen molar-refractivity contribution in [1.82, 2.24) is 10.2 Å². The molecule has 1 fully saturated rings. The topological polar surface area (TPSA) is 86.8 Å². The molecule has 0 saturated heterocycles. The van der Waals surface area contributed by atoms with Crippen molar-refractivity contribution in [3.8, 4) is 0 Å². The van der Waals surface area contributed by atoms with Gasteiger partial charge in [0.25, 0.3) is 0 Å². The Labute approximate surface area is 251 Å². The second-order valence-electron chi connectivity index (χ2n) is 11.3. The molecule has 1 unspecified atom stereocenters. The zero-order chi connectivity index (χ0) is 30.1. The van der Waals surface area contributed by atoms with Crippen LogP contribution in [0.4, 0.5) is 5.69 Å². The summed E-state index contributed by atoms with van der Waals surface area (Å²) in [6.45, 7) is 3.74. The summed E-state index contributed by atoms with van der Waals surface area (Å²) in [6, 6.07) is 24.0. The summed E-state index contributed by atoms with van der Waals surface area (Å²) >= 11 is 0. The first-order valence-corrected chi connectivity index (χ1v) is 16.8. The van der Waals surface area contributed by atoms with Crippen LogP contribution in [-0.2, 0) is 39.0 Å². The standard InChI is InChI=1S/C34H43N3O4S/c1-4-29-15-11-12-18-31(29)37(42(3,40)41)25-33(38)36(24-28-21-19-26(2)20-22-28)32(23-27-13-7-5-8-14-27)34(39)35-30-16-9-6-10-17-30/h5,7-8,11-15,18-22,30,32H,4,6,9-10,16-17,23-25H2,1-3H3,(H,35,39). The molecule has 1 atom stereocenters. The van der Waals surface area contributed by atoms with Crippen molar-refractivity contribution >= 4 is 27.5 Å². The van der Waals surface area contributed by atoms with Gasteiger partial charge >= 0.3 is 0 Å². The second-order valence-corrected chi connectivity index (χ2v) is 13.2. The van der Waals surface area contributed by atoms with Crippen LogP contribution in [0.3, 0.4) is 0 Å². The molecule has 1 N–H and O–H groups in total. The van der Waals surface area contributed by atoms with E-state index in [1.807, 2.05) is 80.6 Å². The SMILES string of the molecule is CCc1ccccc1N(CC(=O)N(Cc1ccc(C)cc1)C(Cc1ccccc1)C(=O)NC1CCCCC1)S(C)(=O)=O. The molecular formula is C34H43N3O4S. The lowest BCUT2D eigenvalue weighted by atomic mass is 9.94. The molecule has 0 heterocycles. The molecule has 0 aromatic heterocycles. The maximum atomic E-state index is 14.3. The van der Waals surface area contributed by atoms with Crippen LogP contribution in [0.1, 0.15) is 61.3 Å². The van der Waals surface area contributed by atoms with Gasteiger partial charge in [-0.25, -0.2) is 8.42 Å². The molecule has 2 amide bonds. The van der Waals surface area contributed by atoms with Crippen LogP contribution < -0.4 is 9.62 Å². The zero-order valence-corrected chi connectivity index (χ0v) is 25.8. The molecule has 1 aliphatic rings. The number of hydrogen-bond acceptors (Lipinski definition) is 4. The summed E-state index contributed by atoms with van der Waals surface area (Å²) in [5.41, 5.74) is 4.21. The number of para-hydroxylation sites is 1. The van der Waals surface area contributed by atoms with E-state index in [0.29, 0.717) is 18.5 Å². The van der Waals surface area contributed by atoms with E-state index in [9.17, 15) is 18.0 Å². The molecular weight excluding hydrogens is 546 g/mol. The summed E-state index contributed by atoms with van der Waals surface area (Å²) in [7, 11) is -3.80. The van der Waals surface area contributed by atoms with Gasteiger partial charge < -0.3 is 10.2 Å². The minimum Gasteiger partial charge on any atom is -0.352 e. The summed E-state index contributed by atoms with van der Waals surface area (Å²) in [4.78, 5) is 29.9. The van der Waals surface area contributed by atoms with Crippen LogP contribution in [0.5, 0.6) is 0 Å². The molecule has 4 rings (SSSR count). The Hall–Kier alpha value is -3.65. The van der Waals surface area contributed by atoms with Gasteiger partial charge in [-0.2, -0.15) is 0 Å². The Bertz CT molecular complexity index is 1440. The summed E-state index contributed by atoms with van der Waals surface area (Å²) < 4.78 is 27.4. The van der Waals surface area contributed by atoms with Gasteiger partial charge in [-0.05, 0) is 48.9 Å². The molecule has 0 bridgehead atoms. The van der Waals surface area contributed by atoms with Crippen molar-refractivity contribution < 1.29 is 18.0 Å². The highest BCUT2D eigenvalue weighted by Crippen LogP contribution is 2.25. The fourth-order valence-corrected chi connectivity index (χ4v) is 6.52. The number of aryl methyl sites for hydroxylation is 2. The fraction of sp³-hybridized carbons (Fsp3) is 0.412. The fourth-order valence-electron chi connectivity index (χ4n) is 5.64. The van der Waals surface area contributed by atoms with Crippen molar-refractivity contribution in [3.63, 3.8) is 0 Å². The Kier molecular flexibility index (Phi) is 10.8. The van der Waals surface area contributed by atoms with Crippen LogP contribution in [0.15, 0.2) is 78.9 Å². The third-order valence-electron chi connectivity index (χ3n) is 8.02. The lowest BCUT2D eigenvalue weighted by Gasteiger charge is -2.35. The Balaban J connectivity index is 1.73. The lowest BCUT2D eigenvalue weighted by molar-refractivity contribution is -0.140. The summed E-state index contributed by atoms with van der Waals surface area (Å²) in [5, 5.41) is 3.24. The second kappa shape index (κ2) is 14.5. The van der Waals surface area contributed by atoms with E-state index in [4.69, 9.17) is 0 Å². The highest BCUT2D eigenvalue weighted by atomic mass is 32.2. The maximum Gasteiger partial charge on any atom is 0.244 e. The molecule has 42 heavy (non-hydrogen) atoms. The molecule has 8 heteroatoms. The number of rotatable bonds is 12. The molecule has 7 nitrogen and oxygen atoms in total. The van der Waals surface area contributed by atoms with Crippen LogP contribution in [-0.4, -0.2) is 50.0 Å². The van der Waals surface area contributed by atoms with Gasteiger partial charge in [0.05, 0.1) is 11.9 Å². The molecule has 0 aliphatic heterocycles. The first kappa shape index (κ1) is 31.3. The van der Waals surface area contributed by atoms with Gasteiger partial charge in [0.1, 0.15) is 12.6 Å². The largest absolute Gasteiger partial charge is 0.352 e. The van der Waals surface area contributed by atoms with Gasteiger partial charge in [0.2, 0.25) is 21.8 Å². The number of carbonyl (C=O) groups is 2. The third-order valence-corrected chi connectivity index (χ3v) is 9.14. The van der Waals surface area contributed by atoms with Crippen molar-refractivity contribution in [3.05, 3.63) is 101 Å². The molecule has 3 aromatic rings. The van der Waals surface area contributed by atoms with Gasteiger partial charge in [0, 0.05) is 19.0 Å². The number of hydrogen-bond donors (Lipinski definition) is 1. The van der Waals surface area contributed by atoms with Crippen LogP contribution in [0.2, 0.25) is 0 Å². The van der Waals surface area contributed by atoms with Crippen LogP contribution >= 0.6 is 0 Å². The average molecular weight is 590 g/mol. The van der Waals surface area contributed by atoms with E-state index in [1.165, 1.54) is 10.7 Å². The van der Waals surface area contributed by atoms with Gasteiger partial charge in [-0.15, -0.1) is 0 Å².